The number of amides is 3. The van der Waals surface area contributed by atoms with Crippen molar-refractivity contribution in [3.8, 4) is 0 Å². The number of primary amides is 1. The van der Waals surface area contributed by atoms with Gasteiger partial charge in [-0.2, -0.15) is 0 Å². The average Bonchev–Trinajstić information content (AvgIpc) is 2.51. The zero-order valence-corrected chi connectivity index (χ0v) is 19.7. The van der Waals surface area contributed by atoms with Crippen LogP contribution in [0, 0.1) is 10.7 Å². The van der Waals surface area contributed by atoms with Gasteiger partial charge >= 0.3 is 0 Å². The van der Waals surface area contributed by atoms with Crippen LogP contribution in [0.5, 0.6) is 0 Å². The van der Waals surface area contributed by atoms with Crippen LogP contribution in [0.3, 0.4) is 0 Å². The molecule has 2 rings (SSSR count). The third kappa shape index (κ3) is 4.05. The monoisotopic (exact) mass is 683 g/mol. The summed E-state index contributed by atoms with van der Waals surface area (Å²) in [6, 6.07) is 0. The lowest BCUT2D eigenvalue weighted by Crippen LogP contribution is -2.45. The molecule has 0 radical (unpaired) electrons. The maximum absolute atomic E-state index is 12.5. The molecule has 1 aliphatic rings. The van der Waals surface area contributed by atoms with Gasteiger partial charge in [0.15, 0.2) is 0 Å². The summed E-state index contributed by atoms with van der Waals surface area (Å²) in [7, 11) is 0. The van der Waals surface area contributed by atoms with E-state index in [0.717, 1.165) is 0 Å². The molecular formula is C15H16I3N3O4. The molecular weight excluding hydrogens is 667 g/mol. The standard InChI is InChI=1S/C15H16I3N3O4/c1-2-20-14(24)8-9(16)7(13(19)23)10(17)12(11(8)18)21-5-3-4-6(22)15(21)25/h6,22H,2-5H2,1H3,(H2,19,23)(H,20,24). The molecule has 7 nitrogen and oxygen atoms in total. The van der Waals surface area contributed by atoms with Crippen molar-refractivity contribution in [3.05, 3.63) is 21.8 Å². The van der Waals surface area contributed by atoms with Crippen molar-refractivity contribution >= 4 is 91.2 Å². The molecule has 25 heavy (non-hydrogen) atoms. The highest BCUT2D eigenvalue weighted by molar-refractivity contribution is 14.1. The van der Waals surface area contributed by atoms with E-state index in [1.54, 1.807) is 6.92 Å². The Bertz CT molecular complexity index is 754. The topological polar surface area (TPSA) is 113 Å². The van der Waals surface area contributed by atoms with Gasteiger partial charge in [0.25, 0.3) is 17.7 Å². The van der Waals surface area contributed by atoms with E-state index in [4.69, 9.17) is 5.73 Å². The number of benzene rings is 1. The van der Waals surface area contributed by atoms with Crippen LogP contribution in [0.2, 0.25) is 0 Å². The highest BCUT2D eigenvalue weighted by Gasteiger charge is 2.34. The Hall–Kier alpha value is -0.220. The van der Waals surface area contributed by atoms with E-state index in [9.17, 15) is 19.5 Å². The van der Waals surface area contributed by atoms with Gasteiger partial charge in [0.05, 0.1) is 24.0 Å². The second-order valence-corrected chi connectivity index (χ2v) is 8.65. The summed E-state index contributed by atoms with van der Waals surface area (Å²) in [5.74, 6) is -1.43. The molecule has 136 valence electrons. The minimum Gasteiger partial charge on any atom is -0.383 e. The lowest BCUT2D eigenvalue weighted by Gasteiger charge is -2.32. The smallest absolute Gasteiger partial charge is 0.255 e. The molecule has 1 aromatic rings. The molecule has 0 aromatic heterocycles. The Morgan fingerprint density at radius 1 is 1.24 bits per heavy atom. The Morgan fingerprint density at radius 2 is 1.84 bits per heavy atom. The van der Waals surface area contributed by atoms with E-state index in [-0.39, 0.29) is 11.5 Å². The molecule has 1 heterocycles. The summed E-state index contributed by atoms with van der Waals surface area (Å²) in [4.78, 5) is 38.4. The normalized spacial score (nSPS) is 17.6. The number of nitrogens with zero attached hydrogens (tertiary/aromatic N) is 1. The summed E-state index contributed by atoms with van der Waals surface area (Å²) in [5, 5.41) is 12.6. The lowest BCUT2D eigenvalue weighted by atomic mass is 10.0. The summed E-state index contributed by atoms with van der Waals surface area (Å²) >= 11 is 5.91. The van der Waals surface area contributed by atoms with Gasteiger partial charge in [0.1, 0.15) is 6.10 Å². The molecule has 4 N–H and O–H groups in total. The van der Waals surface area contributed by atoms with Crippen molar-refractivity contribution < 1.29 is 19.5 Å². The molecule has 1 aliphatic heterocycles. The number of hydrogen-bond acceptors (Lipinski definition) is 4. The van der Waals surface area contributed by atoms with Gasteiger partial charge in [-0.3, -0.25) is 14.4 Å². The van der Waals surface area contributed by atoms with Crippen LogP contribution in [-0.2, 0) is 4.79 Å². The van der Waals surface area contributed by atoms with Crippen molar-refractivity contribution in [1.29, 1.82) is 0 Å². The molecule has 0 aliphatic carbocycles. The highest BCUT2D eigenvalue weighted by Crippen LogP contribution is 2.39. The minimum absolute atomic E-state index is 0.214. The fourth-order valence-corrected chi connectivity index (χ4v) is 7.40. The minimum atomic E-state index is -1.08. The van der Waals surface area contributed by atoms with Gasteiger partial charge in [-0.1, -0.05) is 0 Å². The third-order valence-corrected chi connectivity index (χ3v) is 6.96. The molecule has 0 spiro atoms. The number of nitrogens with two attached hydrogens (primary N) is 1. The van der Waals surface area contributed by atoms with E-state index in [1.807, 2.05) is 67.8 Å². The second-order valence-electron chi connectivity index (χ2n) is 5.41. The van der Waals surface area contributed by atoms with Crippen molar-refractivity contribution in [2.24, 2.45) is 5.73 Å². The first-order valence-corrected chi connectivity index (χ1v) is 10.7. The predicted molar refractivity (Wildman–Crippen MR) is 119 cm³/mol. The van der Waals surface area contributed by atoms with Crippen LogP contribution in [0.1, 0.15) is 40.5 Å². The summed E-state index contributed by atoms with van der Waals surface area (Å²) in [6.07, 6.45) is -0.0452. The van der Waals surface area contributed by atoms with Crippen molar-refractivity contribution in [3.63, 3.8) is 0 Å². The van der Waals surface area contributed by atoms with Gasteiger partial charge in [-0.25, -0.2) is 0 Å². The number of rotatable bonds is 4. The van der Waals surface area contributed by atoms with E-state index < -0.39 is 17.9 Å². The number of halogens is 3. The second kappa shape index (κ2) is 8.65. The molecule has 1 aromatic carbocycles. The molecule has 3 amide bonds. The molecule has 1 fully saturated rings. The van der Waals surface area contributed by atoms with Crippen LogP contribution in [0.25, 0.3) is 0 Å². The molecule has 1 atom stereocenters. The Labute approximate surface area is 185 Å². The number of piperidine rings is 1. The maximum atomic E-state index is 12.5. The summed E-state index contributed by atoms with van der Waals surface area (Å²) in [5.41, 5.74) is 6.53. The van der Waals surface area contributed by atoms with Crippen LogP contribution in [-0.4, -0.2) is 42.0 Å². The largest absolute Gasteiger partial charge is 0.383 e. The van der Waals surface area contributed by atoms with Gasteiger partial charge in [0, 0.05) is 16.7 Å². The van der Waals surface area contributed by atoms with Crippen LogP contribution in [0.15, 0.2) is 0 Å². The Morgan fingerprint density at radius 3 is 2.40 bits per heavy atom. The average molecular weight is 683 g/mol. The first kappa shape index (κ1) is 21.1. The van der Waals surface area contributed by atoms with Gasteiger partial charge in [-0.05, 0) is 87.5 Å². The zero-order chi connectivity index (χ0) is 18.9. The number of carbonyl (C=O) groups is 3. The zero-order valence-electron chi connectivity index (χ0n) is 13.2. The molecule has 0 saturated carbocycles. The summed E-state index contributed by atoms with van der Waals surface area (Å²) < 4.78 is 1.53. The van der Waals surface area contributed by atoms with Crippen molar-refractivity contribution in [2.75, 3.05) is 18.0 Å². The van der Waals surface area contributed by atoms with Gasteiger partial charge in [0.2, 0.25) is 0 Å². The van der Waals surface area contributed by atoms with E-state index >= 15 is 0 Å². The van der Waals surface area contributed by atoms with Crippen LogP contribution in [0.4, 0.5) is 5.69 Å². The predicted octanol–water partition coefficient (Wildman–Crippen LogP) is 1.84. The van der Waals surface area contributed by atoms with Gasteiger partial charge < -0.3 is 21.1 Å². The molecule has 1 unspecified atom stereocenters. The summed E-state index contributed by atoms with van der Waals surface area (Å²) in [6.45, 7) is 2.64. The lowest BCUT2D eigenvalue weighted by molar-refractivity contribution is -0.128. The van der Waals surface area contributed by atoms with E-state index in [1.165, 1.54) is 4.90 Å². The van der Waals surface area contributed by atoms with Crippen LogP contribution < -0.4 is 16.0 Å². The fourth-order valence-electron chi connectivity index (χ4n) is 2.63. The number of carbonyl (C=O) groups excluding carboxylic acids is 3. The molecule has 1 saturated heterocycles. The third-order valence-electron chi connectivity index (χ3n) is 3.78. The van der Waals surface area contributed by atoms with Gasteiger partial charge in [-0.15, -0.1) is 0 Å². The molecule has 10 heteroatoms. The molecule has 0 bridgehead atoms. The fraction of sp³-hybridized carbons (Fsp3) is 0.400. The number of aliphatic hydroxyl groups is 1. The quantitative estimate of drug-likeness (QED) is 0.421. The first-order chi connectivity index (χ1) is 11.7. The van der Waals surface area contributed by atoms with E-state index in [0.29, 0.717) is 47.9 Å². The Balaban J connectivity index is 2.76. The van der Waals surface area contributed by atoms with E-state index in [2.05, 4.69) is 5.32 Å². The van der Waals surface area contributed by atoms with Crippen molar-refractivity contribution in [2.45, 2.75) is 25.9 Å². The number of aliphatic hydroxyl groups excluding tert-OH is 1. The number of hydrogen-bond donors (Lipinski definition) is 3. The highest BCUT2D eigenvalue weighted by atomic mass is 127. The number of nitrogens with one attached hydrogen (secondary N) is 1. The van der Waals surface area contributed by atoms with Crippen LogP contribution >= 0.6 is 67.8 Å². The van der Waals surface area contributed by atoms with Crippen molar-refractivity contribution in [1.82, 2.24) is 5.32 Å². The Kier molecular flexibility index (Phi) is 7.29. The maximum Gasteiger partial charge on any atom is 0.255 e. The SMILES string of the molecule is CCNC(=O)c1c(I)c(C(N)=O)c(I)c(N2CCCC(O)C2=O)c1I. The number of anilines is 1. The first-order valence-electron chi connectivity index (χ1n) is 7.50.